The van der Waals surface area contributed by atoms with E-state index in [0.29, 0.717) is 6.54 Å². The summed E-state index contributed by atoms with van der Waals surface area (Å²) in [6.45, 7) is 5.39. The second kappa shape index (κ2) is 5.31. The van der Waals surface area contributed by atoms with E-state index in [0.717, 1.165) is 32.5 Å². The molecule has 17 heavy (non-hydrogen) atoms. The monoisotopic (exact) mass is 237 g/mol. The van der Waals surface area contributed by atoms with Crippen LogP contribution >= 0.6 is 0 Å². The molecule has 0 saturated carbocycles. The molecule has 0 aromatic carbocycles. The standard InChI is InChI=1S/C12H19N3O2/c1-2-6-15-11(3-5-13-15)9-14-7-4-10(8-14)12(16)17/h3,5,10H,2,4,6-9H2,1H3,(H,16,17). The lowest BCUT2D eigenvalue weighted by Gasteiger charge is -2.16. The molecule has 1 aromatic heterocycles. The minimum absolute atomic E-state index is 0.197. The van der Waals surface area contributed by atoms with Crippen molar-refractivity contribution in [3.8, 4) is 0 Å². The van der Waals surface area contributed by atoms with Gasteiger partial charge in [-0.3, -0.25) is 14.4 Å². The highest BCUT2D eigenvalue weighted by Crippen LogP contribution is 2.18. The van der Waals surface area contributed by atoms with Gasteiger partial charge in [-0.25, -0.2) is 0 Å². The molecule has 0 aliphatic carbocycles. The van der Waals surface area contributed by atoms with Crippen LogP contribution in [-0.2, 0) is 17.9 Å². The molecule has 1 saturated heterocycles. The first-order valence-electron chi connectivity index (χ1n) is 6.16. The Morgan fingerprint density at radius 3 is 3.12 bits per heavy atom. The molecule has 94 valence electrons. The maximum Gasteiger partial charge on any atom is 0.307 e. The van der Waals surface area contributed by atoms with Crippen LogP contribution in [0.1, 0.15) is 25.5 Å². The molecule has 2 rings (SSSR count). The Labute approximate surface area is 101 Å². The molecule has 1 N–H and O–H groups in total. The van der Waals surface area contributed by atoms with Crippen molar-refractivity contribution < 1.29 is 9.90 Å². The van der Waals surface area contributed by atoms with E-state index < -0.39 is 5.97 Å². The van der Waals surface area contributed by atoms with Gasteiger partial charge in [-0.15, -0.1) is 0 Å². The first-order valence-corrected chi connectivity index (χ1v) is 6.16. The van der Waals surface area contributed by atoms with Crippen molar-refractivity contribution in [3.05, 3.63) is 18.0 Å². The Hall–Kier alpha value is -1.36. The SMILES string of the molecule is CCCn1nccc1CN1CCC(C(=O)O)C1. The lowest BCUT2D eigenvalue weighted by molar-refractivity contribution is -0.141. The van der Waals surface area contributed by atoms with E-state index >= 15 is 0 Å². The third-order valence-corrected chi connectivity index (χ3v) is 3.25. The summed E-state index contributed by atoms with van der Waals surface area (Å²) >= 11 is 0. The molecule has 5 heteroatoms. The van der Waals surface area contributed by atoms with Gasteiger partial charge >= 0.3 is 5.97 Å². The lowest BCUT2D eigenvalue weighted by Crippen LogP contribution is -2.24. The first kappa shape index (κ1) is 12.1. The number of carbonyl (C=O) groups is 1. The molecule has 5 nitrogen and oxygen atoms in total. The van der Waals surface area contributed by atoms with Gasteiger partial charge in [0.25, 0.3) is 0 Å². The minimum atomic E-state index is -0.672. The number of aryl methyl sites for hydroxylation is 1. The Morgan fingerprint density at radius 2 is 2.47 bits per heavy atom. The quantitative estimate of drug-likeness (QED) is 0.836. The smallest absolute Gasteiger partial charge is 0.307 e. The maximum absolute atomic E-state index is 10.9. The fourth-order valence-electron chi connectivity index (χ4n) is 2.31. The predicted octanol–water partition coefficient (Wildman–Crippen LogP) is 1.20. The van der Waals surface area contributed by atoms with Crippen molar-refractivity contribution in [1.82, 2.24) is 14.7 Å². The highest BCUT2D eigenvalue weighted by Gasteiger charge is 2.28. The van der Waals surface area contributed by atoms with Gasteiger partial charge in [-0.2, -0.15) is 5.10 Å². The van der Waals surface area contributed by atoms with Gasteiger partial charge in [0.2, 0.25) is 0 Å². The van der Waals surface area contributed by atoms with E-state index in [1.807, 2.05) is 16.9 Å². The van der Waals surface area contributed by atoms with Crippen molar-refractivity contribution in [2.24, 2.45) is 5.92 Å². The molecule has 1 atom stereocenters. The number of aliphatic carboxylic acids is 1. The van der Waals surface area contributed by atoms with E-state index in [4.69, 9.17) is 5.11 Å². The van der Waals surface area contributed by atoms with Gasteiger partial charge in [0.1, 0.15) is 0 Å². The fourth-order valence-corrected chi connectivity index (χ4v) is 2.31. The topological polar surface area (TPSA) is 58.4 Å². The summed E-state index contributed by atoms with van der Waals surface area (Å²) in [6.07, 6.45) is 3.64. The van der Waals surface area contributed by atoms with Crippen LogP contribution < -0.4 is 0 Å². The van der Waals surface area contributed by atoms with E-state index in [9.17, 15) is 4.79 Å². The molecule has 2 heterocycles. The van der Waals surface area contributed by atoms with Crippen LogP contribution in [-0.4, -0.2) is 38.8 Å². The van der Waals surface area contributed by atoms with Crippen molar-refractivity contribution in [1.29, 1.82) is 0 Å². The van der Waals surface area contributed by atoms with E-state index in [1.165, 1.54) is 5.69 Å². The van der Waals surface area contributed by atoms with E-state index in [2.05, 4.69) is 16.9 Å². The third kappa shape index (κ3) is 2.85. The summed E-state index contributed by atoms with van der Waals surface area (Å²) in [5.41, 5.74) is 1.18. The molecule has 0 amide bonds. The zero-order valence-corrected chi connectivity index (χ0v) is 10.2. The number of carboxylic acid groups (broad SMARTS) is 1. The van der Waals surface area contributed by atoms with Crippen LogP contribution in [0.4, 0.5) is 0 Å². The zero-order valence-electron chi connectivity index (χ0n) is 10.2. The van der Waals surface area contributed by atoms with Crippen LogP contribution in [0.2, 0.25) is 0 Å². The Kier molecular flexibility index (Phi) is 3.78. The van der Waals surface area contributed by atoms with Crippen LogP contribution in [0, 0.1) is 5.92 Å². The number of carboxylic acids is 1. The Bertz CT molecular complexity index is 389. The summed E-state index contributed by atoms with van der Waals surface area (Å²) in [7, 11) is 0. The molecule has 0 bridgehead atoms. The normalized spacial score (nSPS) is 20.9. The van der Waals surface area contributed by atoms with Gasteiger partial charge < -0.3 is 5.11 Å². The van der Waals surface area contributed by atoms with Crippen molar-refractivity contribution in [2.45, 2.75) is 32.9 Å². The average molecular weight is 237 g/mol. The van der Waals surface area contributed by atoms with Crippen LogP contribution in [0.3, 0.4) is 0 Å². The van der Waals surface area contributed by atoms with Crippen LogP contribution in [0.25, 0.3) is 0 Å². The highest BCUT2D eigenvalue weighted by molar-refractivity contribution is 5.70. The second-order valence-electron chi connectivity index (χ2n) is 4.60. The van der Waals surface area contributed by atoms with E-state index in [1.54, 1.807) is 0 Å². The second-order valence-corrected chi connectivity index (χ2v) is 4.60. The Morgan fingerprint density at radius 1 is 1.65 bits per heavy atom. The molecule has 1 unspecified atom stereocenters. The number of hydrogen-bond acceptors (Lipinski definition) is 3. The molecule has 1 fully saturated rings. The number of hydrogen-bond donors (Lipinski definition) is 1. The average Bonchev–Trinajstić information content (AvgIpc) is 2.90. The summed E-state index contributed by atoms with van der Waals surface area (Å²) < 4.78 is 2.01. The van der Waals surface area contributed by atoms with Crippen LogP contribution in [0.15, 0.2) is 12.3 Å². The summed E-state index contributed by atoms with van der Waals surface area (Å²) in [6, 6.07) is 2.02. The molecule has 1 aliphatic rings. The molecule has 0 radical (unpaired) electrons. The molecule has 0 spiro atoms. The largest absolute Gasteiger partial charge is 0.481 e. The van der Waals surface area contributed by atoms with Gasteiger partial charge in [-0.05, 0) is 25.5 Å². The van der Waals surface area contributed by atoms with E-state index in [-0.39, 0.29) is 5.92 Å². The van der Waals surface area contributed by atoms with Crippen molar-refractivity contribution >= 4 is 5.97 Å². The summed E-state index contributed by atoms with van der Waals surface area (Å²) in [5.74, 6) is -0.868. The molecular formula is C12H19N3O2. The van der Waals surface area contributed by atoms with Gasteiger partial charge in [0, 0.05) is 25.8 Å². The lowest BCUT2D eigenvalue weighted by atomic mass is 10.1. The van der Waals surface area contributed by atoms with Gasteiger partial charge in [0.15, 0.2) is 0 Å². The third-order valence-electron chi connectivity index (χ3n) is 3.25. The summed E-state index contributed by atoms with van der Waals surface area (Å²) in [5, 5.41) is 13.2. The number of likely N-dealkylation sites (tertiary alicyclic amines) is 1. The maximum atomic E-state index is 10.9. The van der Waals surface area contributed by atoms with Crippen molar-refractivity contribution in [2.75, 3.05) is 13.1 Å². The minimum Gasteiger partial charge on any atom is -0.481 e. The first-order chi connectivity index (χ1) is 8.20. The molecule has 1 aromatic rings. The molecular weight excluding hydrogens is 218 g/mol. The zero-order chi connectivity index (χ0) is 12.3. The summed E-state index contributed by atoms with van der Waals surface area (Å²) in [4.78, 5) is 13.1. The number of nitrogens with zero attached hydrogens (tertiary/aromatic N) is 3. The van der Waals surface area contributed by atoms with Gasteiger partial charge in [0.05, 0.1) is 11.6 Å². The van der Waals surface area contributed by atoms with Crippen LogP contribution in [0.5, 0.6) is 0 Å². The predicted molar refractivity (Wildman–Crippen MR) is 63.5 cm³/mol. The van der Waals surface area contributed by atoms with Crippen molar-refractivity contribution in [3.63, 3.8) is 0 Å². The number of aromatic nitrogens is 2. The number of rotatable bonds is 5. The van der Waals surface area contributed by atoms with Gasteiger partial charge in [-0.1, -0.05) is 6.92 Å². The highest BCUT2D eigenvalue weighted by atomic mass is 16.4. The fraction of sp³-hybridized carbons (Fsp3) is 0.667. The molecule has 1 aliphatic heterocycles. The Balaban J connectivity index is 1.93.